The minimum Gasteiger partial charge on any atom is -0.481 e. The molecule has 6 heteroatoms. The van der Waals surface area contributed by atoms with Gasteiger partial charge in [0.1, 0.15) is 0 Å². The van der Waals surface area contributed by atoms with Crippen LogP contribution in [0.4, 0.5) is 0 Å². The van der Waals surface area contributed by atoms with Crippen LogP contribution in [0, 0.1) is 5.92 Å². The minimum absolute atomic E-state index is 0.0451. The van der Waals surface area contributed by atoms with Gasteiger partial charge < -0.3 is 10.4 Å². The van der Waals surface area contributed by atoms with Gasteiger partial charge in [0.2, 0.25) is 0 Å². The molecule has 0 saturated heterocycles. The molecule has 0 spiro atoms. The molecule has 2 atom stereocenters. The standard InChI is InChI=1S/C15H19Cl2NO3/c1-9(15(20)21)4-3-5-10(2)18-14(19)11-6-12(16)8-13(17)7-11/h6-10H,3-5H2,1-2H3,(H,18,19)(H,20,21). The van der Waals surface area contributed by atoms with Crippen LogP contribution in [0.15, 0.2) is 18.2 Å². The average molecular weight is 332 g/mol. The number of aliphatic carboxylic acids is 1. The molecule has 116 valence electrons. The first kappa shape index (κ1) is 17.8. The summed E-state index contributed by atoms with van der Waals surface area (Å²) >= 11 is 11.7. The molecule has 0 aromatic heterocycles. The van der Waals surface area contributed by atoms with Gasteiger partial charge >= 0.3 is 5.97 Å². The van der Waals surface area contributed by atoms with Crippen molar-refractivity contribution in [1.82, 2.24) is 5.32 Å². The van der Waals surface area contributed by atoms with E-state index in [4.69, 9.17) is 28.3 Å². The molecule has 0 heterocycles. The van der Waals surface area contributed by atoms with E-state index in [0.29, 0.717) is 22.0 Å². The summed E-state index contributed by atoms with van der Waals surface area (Å²) in [6.07, 6.45) is 2.06. The molecular weight excluding hydrogens is 313 g/mol. The number of hydrogen-bond donors (Lipinski definition) is 2. The van der Waals surface area contributed by atoms with Crippen molar-refractivity contribution in [2.24, 2.45) is 5.92 Å². The maximum atomic E-state index is 12.0. The Hall–Kier alpha value is -1.26. The Bertz CT molecular complexity index is 499. The summed E-state index contributed by atoms with van der Waals surface area (Å²) in [4.78, 5) is 22.7. The smallest absolute Gasteiger partial charge is 0.306 e. The van der Waals surface area contributed by atoms with E-state index in [1.165, 1.54) is 0 Å². The van der Waals surface area contributed by atoms with Crippen LogP contribution in [0.3, 0.4) is 0 Å². The Kier molecular flexibility index (Phi) is 6.99. The molecule has 1 aromatic carbocycles. The number of halogens is 2. The largest absolute Gasteiger partial charge is 0.481 e. The molecule has 0 radical (unpaired) electrons. The summed E-state index contributed by atoms with van der Waals surface area (Å²) in [6.45, 7) is 3.56. The summed E-state index contributed by atoms with van der Waals surface area (Å²) < 4.78 is 0. The predicted molar refractivity (Wildman–Crippen MR) is 84.0 cm³/mol. The lowest BCUT2D eigenvalue weighted by atomic mass is 10.0. The van der Waals surface area contributed by atoms with Crippen molar-refractivity contribution in [3.63, 3.8) is 0 Å². The molecule has 1 rings (SSSR count). The van der Waals surface area contributed by atoms with Crippen LogP contribution >= 0.6 is 23.2 Å². The quantitative estimate of drug-likeness (QED) is 0.793. The molecule has 4 nitrogen and oxygen atoms in total. The average Bonchev–Trinajstić information content (AvgIpc) is 2.37. The van der Waals surface area contributed by atoms with Gasteiger partial charge in [-0.15, -0.1) is 0 Å². The molecule has 0 bridgehead atoms. The highest BCUT2D eigenvalue weighted by Gasteiger charge is 2.14. The SMILES string of the molecule is CC(CCCC(C)C(=O)O)NC(=O)c1cc(Cl)cc(Cl)c1. The first-order valence-corrected chi connectivity index (χ1v) is 7.55. The lowest BCUT2D eigenvalue weighted by molar-refractivity contribution is -0.141. The first-order valence-electron chi connectivity index (χ1n) is 6.79. The molecular formula is C15H19Cl2NO3. The van der Waals surface area contributed by atoms with Gasteiger partial charge in [0.25, 0.3) is 5.91 Å². The van der Waals surface area contributed by atoms with Crippen LogP contribution in [-0.4, -0.2) is 23.0 Å². The Labute approximate surface area is 134 Å². The van der Waals surface area contributed by atoms with E-state index in [1.54, 1.807) is 25.1 Å². The van der Waals surface area contributed by atoms with Crippen molar-refractivity contribution in [1.29, 1.82) is 0 Å². The maximum absolute atomic E-state index is 12.0. The molecule has 2 N–H and O–H groups in total. The fourth-order valence-corrected chi connectivity index (χ4v) is 2.44. The molecule has 1 aromatic rings. The molecule has 0 saturated carbocycles. The summed E-state index contributed by atoms with van der Waals surface area (Å²) in [6, 6.07) is 4.64. The van der Waals surface area contributed by atoms with Crippen LogP contribution in [0.5, 0.6) is 0 Å². The zero-order chi connectivity index (χ0) is 16.0. The van der Waals surface area contributed by atoms with Gasteiger partial charge in [-0.1, -0.05) is 36.5 Å². The van der Waals surface area contributed by atoms with Gasteiger partial charge in [0, 0.05) is 21.7 Å². The number of carbonyl (C=O) groups is 2. The van der Waals surface area contributed by atoms with E-state index in [9.17, 15) is 9.59 Å². The molecule has 0 aliphatic heterocycles. The highest BCUT2D eigenvalue weighted by molar-refractivity contribution is 6.35. The molecule has 0 aliphatic carbocycles. The van der Waals surface area contributed by atoms with Crippen molar-refractivity contribution >= 4 is 35.1 Å². The van der Waals surface area contributed by atoms with E-state index in [-0.39, 0.29) is 17.9 Å². The Balaban J connectivity index is 2.45. The zero-order valence-electron chi connectivity index (χ0n) is 12.0. The molecule has 0 fully saturated rings. The number of amides is 1. The lowest BCUT2D eigenvalue weighted by Crippen LogP contribution is -2.32. The third-order valence-corrected chi connectivity index (χ3v) is 3.63. The van der Waals surface area contributed by atoms with Crippen LogP contribution in [0.2, 0.25) is 10.0 Å². The van der Waals surface area contributed by atoms with Crippen LogP contribution in [-0.2, 0) is 4.79 Å². The number of rotatable bonds is 7. The van der Waals surface area contributed by atoms with E-state index in [2.05, 4.69) is 5.32 Å². The minimum atomic E-state index is -0.791. The van der Waals surface area contributed by atoms with Gasteiger partial charge in [-0.3, -0.25) is 9.59 Å². The summed E-state index contributed by atoms with van der Waals surface area (Å²) in [5.41, 5.74) is 0.415. The maximum Gasteiger partial charge on any atom is 0.306 e. The molecule has 21 heavy (non-hydrogen) atoms. The van der Waals surface area contributed by atoms with Crippen LogP contribution in [0.1, 0.15) is 43.5 Å². The van der Waals surface area contributed by atoms with Crippen molar-refractivity contribution in [3.8, 4) is 0 Å². The topological polar surface area (TPSA) is 66.4 Å². The van der Waals surface area contributed by atoms with Crippen LogP contribution < -0.4 is 5.32 Å². The van der Waals surface area contributed by atoms with E-state index in [1.807, 2.05) is 6.92 Å². The second kappa shape index (κ2) is 8.25. The Morgan fingerprint density at radius 2 is 1.71 bits per heavy atom. The first-order chi connectivity index (χ1) is 9.79. The number of nitrogens with one attached hydrogen (secondary N) is 1. The van der Waals surface area contributed by atoms with Crippen molar-refractivity contribution in [3.05, 3.63) is 33.8 Å². The second-order valence-corrected chi connectivity index (χ2v) is 6.08. The van der Waals surface area contributed by atoms with Gasteiger partial charge in [-0.2, -0.15) is 0 Å². The Morgan fingerprint density at radius 1 is 1.14 bits per heavy atom. The van der Waals surface area contributed by atoms with Gasteiger partial charge in [-0.05, 0) is 38.0 Å². The number of carboxylic acids is 1. The third-order valence-electron chi connectivity index (χ3n) is 3.20. The Morgan fingerprint density at radius 3 is 2.24 bits per heavy atom. The predicted octanol–water partition coefficient (Wildman–Crippen LogP) is 4.00. The van der Waals surface area contributed by atoms with Gasteiger partial charge in [0.05, 0.1) is 5.92 Å². The fraction of sp³-hybridized carbons (Fsp3) is 0.467. The third kappa shape index (κ3) is 6.36. The van der Waals surface area contributed by atoms with Crippen LogP contribution in [0.25, 0.3) is 0 Å². The summed E-state index contributed by atoms with van der Waals surface area (Å²) in [7, 11) is 0. The zero-order valence-corrected chi connectivity index (χ0v) is 13.5. The van der Waals surface area contributed by atoms with Gasteiger partial charge in [-0.25, -0.2) is 0 Å². The fourth-order valence-electron chi connectivity index (χ4n) is 1.92. The van der Waals surface area contributed by atoms with E-state index in [0.717, 1.165) is 12.8 Å². The van der Waals surface area contributed by atoms with E-state index >= 15 is 0 Å². The highest BCUT2D eigenvalue weighted by atomic mass is 35.5. The second-order valence-electron chi connectivity index (χ2n) is 5.20. The van der Waals surface area contributed by atoms with E-state index < -0.39 is 5.97 Å². The number of carbonyl (C=O) groups excluding carboxylic acids is 1. The molecule has 0 aliphatic rings. The highest BCUT2D eigenvalue weighted by Crippen LogP contribution is 2.19. The van der Waals surface area contributed by atoms with Crippen molar-refractivity contribution < 1.29 is 14.7 Å². The normalized spacial score (nSPS) is 13.5. The lowest BCUT2D eigenvalue weighted by Gasteiger charge is -2.15. The summed E-state index contributed by atoms with van der Waals surface area (Å²) in [5.74, 6) is -1.39. The van der Waals surface area contributed by atoms with Crippen molar-refractivity contribution in [2.45, 2.75) is 39.2 Å². The summed E-state index contributed by atoms with van der Waals surface area (Å²) in [5, 5.41) is 12.5. The molecule has 2 unspecified atom stereocenters. The van der Waals surface area contributed by atoms with Crippen molar-refractivity contribution in [2.75, 3.05) is 0 Å². The molecule has 1 amide bonds. The number of benzene rings is 1. The van der Waals surface area contributed by atoms with Gasteiger partial charge in [0.15, 0.2) is 0 Å². The monoisotopic (exact) mass is 331 g/mol. The number of hydrogen-bond acceptors (Lipinski definition) is 2. The number of carboxylic acid groups (broad SMARTS) is 1.